The molecule has 2 rings (SSSR count). The maximum Gasteiger partial charge on any atom is 0.375 e. The first kappa shape index (κ1) is 13.8. The van der Waals surface area contributed by atoms with Crippen LogP contribution in [0.15, 0.2) is 18.2 Å². The molecule has 1 aromatic carbocycles. The fourth-order valence-electron chi connectivity index (χ4n) is 1.61. The van der Waals surface area contributed by atoms with E-state index in [0.29, 0.717) is 21.6 Å². The van der Waals surface area contributed by atoms with Crippen LogP contribution in [0.3, 0.4) is 0 Å². The quantitative estimate of drug-likeness (QED) is 0.943. The molecular weight excluding hydrogens is 289 g/mol. The normalized spacial score (nSPS) is 11.0. The van der Waals surface area contributed by atoms with Crippen LogP contribution in [-0.4, -0.2) is 25.8 Å². The number of halogens is 2. The van der Waals surface area contributed by atoms with E-state index in [0.717, 1.165) is 0 Å². The molecule has 19 heavy (non-hydrogen) atoms. The van der Waals surface area contributed by atoms with E-state index in [-0.39, 0.29) is 11.7 Å². The van der Waals surface area contributed by atoms with E-state index in [4.69, 9.17) is 28.3 Å². The summed E-state index contributed by atoms with van der Waals surface area (Å²) >= 11 is 12.0. The van der Waals surface area contributed by atoms with Crippen LogP contribution in [-0.2, 0) is 0 Å². The molecule has 1 heterocycles. The van der Waals surface area contributed by atoms with Gasteiger partial charge < -0.3 is 5.11 Å². The van der Waals surface area contributed by atoms with Gasteiger partial charge >= 0.3 is 5.97 Å². The highest BCUT2D eigenvalue weighted by molar-refractivity contribution is 6.34. The molecule has 0 amide bonds. The van der Waals surface area contributed by atoms with Crippen molar-refractivity contribution in [1.82, 2.24) is 14.8 Å². The van der Waals surface area contributed by atoms with Gasteiger partial charge in [0, 0.05) is 10.9 Å². The fraction of sp³-hybridized carbons (Fsp3) is 0.250. The van der Waals surface area contributed by atoms with E-state index >= 15 is 0 Å². The van der Waals surface area contributed by atoms with Crippen molar-refractivity contribution in [2.45, 2.75) is 19.8 Å². The second-order valence-electron chi connectivity index (χ2n) is 4.26. The van der Waals surface area contributed by atoms with E-state index in [1.807, 2.05) is 13.8 Å². The Morgan fingerprint density at radius 1 is 1.37 bits per heavy atom. The standard InChI is InChI=1S/C12H11Cl2N3O2/c1-6(2)11-15-10(12(18)19)16-17(11)9-5-7(13)3-4-8(9)14/h3-6H,1-2H3,(H,18,19). The Bertz CT molecular complexity index is 638. The van der Waals surface area contributed by atoms with Crippen molar-refractivity contribution < 1.29 is 9.90 Å². The highest BCUT2D eigenvalue weighted by atomic mass is 35.5. The summed E-state index contributed by atoms with van der Waals surface area (Å²) in [6, 6.07) is 4.90. The zero-order chi connectivity index (χ0) is 14.2. The molecule has 0 aliphatic carbocycles. The van der Waals surface area contributed by atoms with E-state index in [1.165, 1.54) is 4.68 Å². The van der Waals surface area contributed by atoms with E-state index in [9.17, 15) is 4.79 Å². The maximum atomic E-state index is 11.0. The lowest BCUT2D eigenvalue weighted by Crippen LogP contribution is -2.05. The van der Waals surface area contributed by atoms with Crippen molar-refractivity contribution in [3.05, 3.63) is 39.9 Å². The number of carboxylic acid groups (broad SMARTS) is 1. The lowest BCUT2D eigenvalue weighted by molar-refractivity contribution is 0.0683. The van der Waals surface area contributed by atoms with Crippen LogP contribution in [0.2, 0.25) is 10.0 Å². The summed E-state index contributed by atoms with van der Waals surface area (Å²) in [4.78, 5) is 15.0. The molecule has 2 aromatic rings. The first-order chi connectivity index (χ1) is 8.90. The van der Waals surface area contributed by atoms with Crippen LogP contribution in [0.1, 0.15) is 36.2 Å². The second-order valence-corrected chi connectivity index (χ2v) is 5.10. The summed E-state index contributed by atoms with van der Waals surface area (Å²) in [5.41, 5.74) is 0.512. The summed E-state index contributed by atoms with van der Waals surface area (Å²) in [6.07, 6.45) is 0. The van der Waals surface area contributed by atoms with Gasteiger partial charge in [0.05, 0.1) is 10.7 Å². The molecular formula is C12H11Cl2N3O2. The minimum atomic E-state index is -1.18. The van der Waals surface area contributed by atoms with Crippen LogP contribution in [0.5, 0.6) is 0 Å². The lowest BCUT2D eigenvalue weighted by Gasteiger charge is -2.10. The largest absolute Gasteiger partial charge is 0.475 e. The number of hydrogen-bond donors (Lipinski definition) is 1. The number of benzene rings is 1. The third-order valence-electron chi connectivity index (χ3n) is 2.48. The maximum absolute atomic E-state index is 11.0. The van der Waals surface area contributed by atoms with Crippen LogP contribution in [0.4, 0.5) is 0 Å². The zero-order valence-electron chi connectivity index (χ0n) is 10.3. The van der Waals surface area contributed by atoms with Crippen LogP contribution in [0, 0.1) is 0 Å². The van der Waals surface area contributed by atoms with Crippen molar-refractivity contribution in [1.29, 1.82) is 0 Å². The highest BCUT2D eigenvalue weighted by Gasteiger charge is 2.20. The SMILES string of the molecule is CC(C)c1nc(C(=O)O)nn1-c1cc(Cl)ccc1Cl. The van der Waals surface area contributed by atoms with Crippen molar-refractivity contribution >= 4 is 29.2 Å². The van der Waals surface area contributed by atoms with Gasteiger partial charge in [0.2, 0.25) is 0 Å². The van der Waals surface area contributed by atoms with Crippen molar-refractivity contribution in [2.24, 2.45) is 0 Å². The monoisotopic (exact) mass is 299 g/mol. The molecule has 0 spiro atoms. The summed E-state index contributed by atoms with van der Waals surface area (Å²) in [6.45, 7) is 3.79. The molecule has 0 unspecified atom stereocenters. The minimum absolute atomic E-state index is 0.00403. The topological polar surface area (TPSA) is 68.0 Å². The highest BCUT2D eigenvalue weighted by Crippen LogP contribution is 2.26. The molecule has 1 N–H and O–H groups in total. The summed E-state index contributed by atoms with van der Waals surface area (Å²) in [7, 11) is 0. The first-order valence-corrected chi connectivity index (χ1v) is 6.31. The van der Waals surface area contributed by atoms with Gasteiger partial charge in [-0.25, -0.2) is 14.5 Å². The second kappa shape index (κ2) is 5.19. The van der Waals surface area contributed by atoms with Gasteiger partial charge in [-0.1, -0.05) is 37.0 Å². The number of rotatable bonds is 3. The third-order valence-corrected chi connectivity index (χ3v) is 3.03. The van der Waals surface area contributed by atoms with Gasteiger partial charge in [-0.15, -0.1) is 5.10 Å². The Morgan fingerprint density at radius 2 is 2.05 bits per heavy atom. The average Bonchev–Trinajstić information content (AvgIpc) is 2.77. The van der Waals surface area contributed by atoms with E-state index in [2.05, 4.69) is 10.1 Å². The molecule has 0 aliphatic rings. The number of carbonyl (C=O) groups is 1. The van der Waals surface area contributed by atoms with Crippen molar-refractivity contribution in [3.63, 3.8) is 0 Å². The molecule has 0 atom stereocenters. The number of aromatic nitrogens is 3. The number of nitrogens with zero attached hydrogens (tertiary/aromatic N) is 3. The van der Waals surface area contributed by atoms with E-state index in [1.54, 1.807) is 18.2 Å². The lowest BCUT2D eigenvalue weighted by atomic mass is 10.2. The minimum Gasteiger partial charge on any atom is -0.475 e. The Hall–Kier alpha value is -1.59. The molecule has 1 aromatic heterocycles. The molecule has 7 heteroatoms. The fourth-order valence-corrected chi connectivity index (χ4v) is 1.98. The molecule has 100 valence electrons. The zero-order valence-corrected chi connectivity index (χ0v) is 11.8. The van der Waals surface area contributed by atoms with Gasteiger partial charge in [0.15, 0.2) is 0 Å². The Morgan fingerprint density at radius 3 is 2.63 bits per heavy atom. The molecule has 0 saturated carbocycles. The summed E-state index contributed by atoms with van der Waals surface area (Å²) < 4.78 is 1.42. The number of carboxylic acids is 1. The Balaban J connectivity index is 2.66. The molecule has 0 fully saturated rings. The predicted octanol–water partition coefficient (Wildman–Crippen LogP) is 3.40. The average molecular weight is 300 g/mol. The summed E-state index contributed by atoms with van der Waals surface area (Å²) in [5.74, 6) is -0.934. The molecule has 0 aliphatic heterocycles. The molecule has 0 saturated heterocycles. The predicted molar refractivity (Wildman–Crippen MR) is 72.4 cm³/mol. The van der Waals surface area contributed by atoms with Crippen molar-refractivity contribution in [3.8, 4) is 5.69 Å². The Labute approximate surface area is 119 Å². The number of hydrogen-bond acceptors (Lipinski definition) is 3. The molecule has 0 radical (unpaired) electrons. The van der Waals surface area contributed by atoms with Crippen LogP contribution >= 0.6 is 23.2 Å². The van der Waals surface area contributed by atoms with E-state index < -0.39 is 5.97 Å². The number of aromatic carboxylic acids is 1. The summed E-state index contributed by atoms with van der Waals surface area (Å²) in [5, 5.41) is 13.9. The third kappa shape index (κ3) is 2.72. The first-order valence-electron chi connectivity index (χ1n) is 5.56. The van der Waals surface area contributed by atoms with Crippen molar-refractivity contribution in [2.75, 3.05) is 0 Å². The molecule has 0 bridgehead atoms. The Kier molecular flexibility index (Phi) is 3.78. The van der Waals surface area contributed by atoms with Gasteiger partial charge in [-0.2, -0.15) is 0 Å². The van der Waals surface area contributed by atoms with Gasteiger partial charge in [-0.05, 0) is 18.2 Å². The van der Waals surface area contributed by atoms with Gasteiger partial charge in [0.1, 0.15) is 5.82 Å². The smallest absolute Gasteiger partial charge is 0.375 e. The van der Waals surface area contributed by atoms with Gasteiger partial charge in [0.25, 0.3) is 5.82 Å². The van der Waals surface area contributed by atoms with Crippen LogP contribution in [0.25, 0.3) is 5.69 Å². The molecule has 5 nitrogen and oxygen atoms in total. The van der Waals surface area contributed by atoms with Gasteiger partial charge in [-0.3, -0.25) is 0 Å². The van der Waals surface area contributed by atoms with Crippen LogP contribution < -0.4 is 0 Å².